The van der Waals surface area contributed by atoms with Crippen molar-refractivity contribution in [1.82, 2.24) is 5.32 Å². The Hall–Kier alpha value is -0.800. The van der Waals surface area contributed by atoms with Crippen LogP contribution in [0.1, 0.15) is 25.6 Å². The lowest BCUT2D eigenvalue weighted by molar-refractivity contribution is 0.185. The van der Waals surface area contributed by atoms with Gasteiger partial charge >= 0.3 is 0 Å². The van der Waals surface area contributed by atoms with Gasteiger partial charge < -0.3 is 14.8 Å². The molecule has 68 valence electrons. The number of aliphatic hydroxyl groups excluding tert-OH is 1. The highest BCUT2D eigenvalue weighted by atomic mass is 16.3. The molecule has 0 radical (unpaired) electrons. The summed E-state index contributed by atoms with van der Waals surface area (Å²) in [5.74, 6) is 0.899. The minimum Gasteiger partial charge on any atom is -0.468 e. The second kappa shape index (κ2) is 4.28. The third-order valence-corrected chi connectivity index (χ3v) is 1.69. The minimum atomic E-state index is -0.317. The number of aliphatic hydroxyl groups is 1. The average Bonchev–Trinajstić information content (AvgIpc) is 2.51. The molecule has 0 fully saturated rings. The summed E-state index contributed by atoms with van der Waals surface area (Å²) in [6.45, 7) is 4.34. The molecular formula is C9H15NO2. The largest absolute Gasteiger partial charge is 0.468 e. The Balaban J connectivity index is 2.34. The molecule has 1 rings (SSSR count). The van der Waals surface area contributed by atoms with E-state index in [0.29, 0.717) is 6.54 Å². The molecule has 0 aliphatic rings. The average molecular weight is 169 g/mol. The summed E-state index contributed by atoms with van der Waals surface area (Å²) in [5.41, 5.74) is 0. The van der Waals surface area contributed by atoms with Crippen molar-refractivity contribution in [3.8, 4) is 0 Å². The van der Waals surface area contributed by atoms with Gasteiger partial charge in [0.1, 0.15) is 5.76 Å². The van der Waals surface area contributed by atoms with Gasteiger partial charge in [0, 0.05) is 6.54 Å². The van der Waals surface area contributed by atoms with E-state index in [1.54, 1.807) is 13.2 Å². The molecule has 0 saturated heterocycles. The zero-order valence-corrected chi connectivity index (χ0v) is 7.45. The molecule has 2 atom stereocenters. The van der Waals surface area contributed by atoms with E-state index in [1.165, 1.54) is 0 Å². The number of hydrogen-bond donors (Lipinski definition) is 2. The molecule has 1 heterocycles. The number of nitrogens with one attached hydrogen (secondary N) is 1. The van der Waals surface area contributed by atoms with Crippen molar-refractivity contribution in [2.24, 2.45) is 0 Å². The first kappa shape index (κ1) is 9.29. The Morgan fingerprint density at radius 3 is 2.83 bits per heavy atom. The van der Waals surface area contributed by atoms with Crippen LogP contribution in [-0.4, -0.2) is 17.8 Å². The van der Waals surface area contributed by atoms with Crippen molar-refractivity contribution < 1.29 is 9.52 Å². The van der Waals surface area contributed by atoms with Gasteiger partial charge in [-0.25, -0.2) is 0 Å². The van der Waals surface area contributed by atoms with Crippen LogP contribution in [-0.2, 0) is 0 Å². The van der Waals surface area contributed by atoms with Crippen LogP contribution in [0.4, 0.5) is 0 Å². The molecule has 2 N–H and O–H groups in total. The van der Waals surface area contributed by atoms with Crippen molar-refractivity contribution in [2.75, 3.05) is 6.54 Å². The highest BCUT2D eigenvalue weighted by molar-refractivity contribution is 5.02. The van der Waals surface area contributed by atoms with Gasteiger partial charge in [0.25, 0.3) is 0 Å². The van der Waals surface area contributed by atoms with Crippen molar-refractivity contribution >= 4 is 0 Å². The van der Waals surface area contributed by atoms with Crippen LogP contribution in [0, 0.1) is 0 Å². The number of furan rings is 1. The molecule has 3 nitrogen and oxygen atoms in total. The van der Waals surface area contributed by atoms with Crippen LogP contribution < -0.4 is 5.32 Å². The summed E-state index contributed by atoms with van der Waals surface area (Å²) in [7, 11) is 0. The first-order valence-electron chi connectivity index (χ1n) is 4.15. The van der Waals surface area contributed by atoms with E-state index in [1.807, 2.05) is 19.1 Å². The molecule has 12 heavy (non-hydrogen) atoms. The normalized spacial score (nSPS) is 15.9. The Morgan fingerprint density at radius 2 is 2.33 bits per heavy atom. The second-order valence-corrected chi connectivity index (χ2v) is 2.99. The van der Waals surface area contributed by atoms with Gasteiger partial charge in [-0.05, 0) is 26.0 Å². The number of rotatable bonds is 4. The fourth-order valence-corrected chi connectivity index (χ4v) is 0.986. The van der Waals surface area contributed by atoms with Gasteiger partial charge in [0.2, 0.25) is 0 Å². The van der Waals surface area contributed by atoms with Crippen LogP contribution in [0.5, 0.6) is 0 Å². The summed E-state index contributed by atoms with van der Waals surface area (Å²) >= 11 is 0. The topological polar surface area (TPSA) is 45.4 Å². The van der Waals surface area contributed by atoms with Crippen molar-refractivity contribution in [1.29, 1.82) is 0 Å². The molecule has 0 amide bonds. The highest BCUT2D eigenvalue weighted by Crippen LogP contribution is 2.11. The summed E-state index contributed by atoms with van der Waals surface area (Å²) in [6, 6.07) is 3.94. The monoisotopic (exact) mass is 169 g/mol. The van der Waals surface area contributed by atoms with Crippen LogP contribution in [0.3, 0.4) is 0 Å². The molecule has 0 spiro atoms. The Morgan fingerprint density at radius 1 is 1.58 bits per heavy atom. The summed E-state index contributed by atoms with van der Waals surface area (Å²) in [6.07, 6.45) is 1.33. The maximum Gasteiger partial charge on any atom is 0.120 e. The Labute approximate surface area is 72.4 Å². The SMILES string of the molecule is C[C@@H](O)CN[C@H](C)c1ccco1. The van der Waals surface area contributed by atoms with Gasteiger partial charge in [-0.3, -0.25) is 0 Å². The third kappa shape index (κ3) is 2.68. The van der Waals surface area contributed by atoms with E-state index in [4.69, 9.17) is 9.52 Å². The highest BCUT2D eigenvalue weighted by Gasteiger charge is 2.07. The Kier molecular flexibility index (Phi) is 3.31. The van der Waals surface area contributed by atoms with Crippen molar-refractivity contribution in [3.05, 3.63) is 24.2 Å². The molecule has 0 unspecified atom stereocenters. The molecule has 1 aromatic heterocycles. The predicted octanol–water partition coefficient (Wildman–Crippen LogP) is 1.31. The molecular weight excluding hydrogens is 154 g/mol. The lowest BCUT2D eigenvalue weighted by atomic mass is 10.2. The Bertz CT molecular complexity index is 206. The fourth-order valence-electron chi connectivity index (χ4n) is 0.986. The summed E-state index contributed by atoms with van der Waals surface area (Å²) < 4.78 is 5.18. The van der Waals surface area contributed by atoms with Crippen LogP contribution >= 0.6 is 0 Å². The molecule has 1 aromatic rings. The van der Waals surface area contributed by atoms with E-state index >= 15 is 0 Å². The first-order valence-corrected chi connectivity index (χ1v) is 4.15. The quantitative estimate of drug-likeness (QED) is 0.714. The summed E-state index contributed by atoms with van der Waals surface area (Å²) in [5, 5.41) is 12.1. The van der Waals surface area contributed by atoms with Crippen LogP contribution in [0.25, 0.3) is 0 Å². The standard InChI is InChI=1S/C9H15NO2/c1-7(11)6-10-8(2)9-4-3-5-12-9/h3-5,7-8,10-11H,6H2,1-2H3/t7-,8-/m1/s1. The van der Waals surface area contributed by atoms with Gasteiger partial charge in [-0.2, -0.15) is 0 Å². The van der Waals surface area contributed by atoms with E-state index in [9.17, 15) is 0 Å². The van der Waals surface area contributed by atoms with Crippen LogP contribution in [0.2, 0.25) is 0 Å². The zero-order valence-electron chi connectivity index (χ0n) is 7.45. The second-order valence-electron chi connectivity index (χ2n) is 2.99. The maximum atomic E-state index is 9.01. The van der Waals surface area contributed by atoms with E-state index in [0.717, 1.165) is 5.76 Å². The minimum absolute atomic E-state index is 0.162. The van der Waals surface area contributed by atoms with Gasteiger partial charge in [0.15, 0.2) is 0 Å². The summed E-state index contributed by atoms with van der Waals surface area (Å²) in [4.78, 5) is 0. The first-order chi connectivity index (χ1) is 5.70. The van der Waals surface area contributed by atoms with Gasteiger partial charge in [-0.1, -0.05) is 0 Å². The molecule has 0 aliphatic heterocycles. The predicted molar refractivity (Wildman–Crippen MR) is 46.8 cm³/mol. The van der Waals surface area contributed by atoms with Gasteiger partial charge in [0.05, 0.1) is 18.4 Å². The fraction of sp³-hybridized carbons (Fsp3) is 0.556. The molecule has 0 saturated carbocycles. The van der Waals surface area contributed by atoms with E-state index < -0.39 is 0 Å². The van der Waals surface area contributed by atoms with Crippen LogP contribution in [0.15, 0.2) is 22.8 Å². The maximum absolute atomic E-state index is 9.01. The third-order valence-electron chi connectivity index (χ3n) is 1.69. The van der Waals surface area contributed by atoms with Gasteiger partial charge in [-0.15, -0.1) is 0 Å². The lowest BCUT2D eigenvalue weighted by Crippen LogP contribution is -2.26. The van der Waals surface area contributed by atoms with E-state index in [-0.39, 0.29) is 12.1 Å². The lowest BCUT2D eigenvalue weighted by Gasteiger charge is -2.12. The smallest absolute Gasteiger partial charge is 0.120 e. The molecule has 0 bridgehead atoms. The molecule has 0 aliphatic carbocycles. The van der Waals surface area contributed by atoms with E-state index in [2.05, 4.69) is 5.32 Å². The number of hydrogen-bond acceptors (Lipinski definition) is 3. The molecule has 0 aromatic carbocycles. The molecule has 3 heteroatoms. The van der Waals surface area contributed by atoms with Crippen molar-refractivity contribution in [3.63, 3.8) is 0 Å². The van der Waals surface area contributed by atoms with Crippen molar-refractivity contribution in [2.45, 2.75) is 26.0 Å². The zero-order chi connectivity index (χ0) is 8.97.